The predicted octanol–water partition coefficient (Wildman–Crippen LogP) is 2.02. The zero-order valence-corrected chi connectivity index (χ0v) is 13.7. The maximum atomic E-state index is 12.0. The molecule has 0 aliphatic carbocycles. The molecule has 0 atom stereocenters. The van der Waals surface area contributed by atoms with E-state index in [-0.39, 0.29) is 17.9 Å². The number of hydrogen-bond acceptors (Lipinski definition) is 3. The third-order valence-corrected chi connectivity index (χ3v) is 4.19. The van der Waals surface area contributed by atoms with Crippen LogP contribution in [0.15, 0.2) is 24.3 Å². The molecule has 3 N–H and O–H groups in total. The summed E-state index contributed by atoms with van der Waals surface area (Å²) in [5.74, 6) is 0.263. The number of para-hydroxylation sites is 1. The van der Waals surface area contributed by atoms with Crippen molar-refractivity contribution in [3.05, 3.63) is 29.3 Å². The molecule has 0 bridgehead atoms. The van der Waals surface area contributed by atoms with Crippen molar-refractivity contribution in [3.63, 3.8) is 0 Å². The van der Waals surface area contributed by atoms with E-state index in [1.54, 1.807) is 11.0 Å². The molecule has 1 heterocycles. The number of ether oxygens (including phenoxy) is 1. The number of rotatable bonds is 6. The number of halogens is 1. The number of benzene rings is 1. The van der Waals surface area contributed by atoms with Crippen LogP contribution in [0.3, 0.4) is 0 Å². The van der Waals surface area contributed by atoms with E-state index in [9.17, 15) is 9.59 Å². The van der Waals surface area contributed by atoms with Crippen molar-refractivity contribution < 1.29 is 14.3 Å². The highest BCUT2D eigenvalue weighted by Gasteiger charge is 2.25. The molecule has 1 fully saturated rings. The molecule has 1 aromatic carbocycles. The van der Waals surface area contributed by atoms with Crippen LogP contribution in [0.5, 0.6) is 5.75 Å². The maximum absolute atomic E-state index is 12.0. The average Bonchev–Trinajstić information content (AvgIpc) is 2.56. The molecule has 0 aromatic heterocycles. The number of urea groups is 1. The van der Waals surface area contributed by atoms with Crippen molar-refractivity contribution in [2.45, 2.75) is 19.3 Å². The van der Waals surface area contributed by atoms with Gasteiger partial charge in [0, 0.05) is 25.6 Å². The smallest absolute Gasteiger partial charge is 0.317 e. The Bertz CT molecular complexity index is 545. The summed E-state index contributed by atoms with van der Waals surface area (Å²) in [6.45, 7) is 2.14. The summed E-state index contributed by atoms with van der Waals surface area (Å²) < 4.78 is 5.56. The minimum atomic E-state index is -0.276. The van der Waals surface area contributed by atoms with Crippen LogP contribution in [0.25, 0.3) is 0 Å². The minimum Gasteiger partial charge on any atom is -0.492 e. The van der Waals surface area contributed by atoms with Crippen molar-refractivity contribution in [1.29, 1.82) is 0 Å². The van der Waals surface area contributed by atoms with E-state index in [4.69, 9.17) is 22.1 Å². The highest BCUT2D eigenvalue weighted by molar-refractivity contribution is 6.32. The fourth-order valence-corrected chi connectivity index (χ4v) is 2.68. The highest BCUT2D eigenvalue weighted by Crippen LogP contribution is 2.23. The first-order chi connectivity index (χ1) is 11.1. The monoisotopic (exact) mass is 339 g/mol. The number of nitrogens with one attached hydrogen (secondary N) is 1. The summed E-state index contributed by atoms with van der Waals surface area (Å²) in [4.78, 5) is 24.8. The second kappa shape index (κ2) is 8.62. The van der Waals surface area contributed by atoms with Crippen molar-refractivity contribution in [3.8, 4) is 5.75 Å². The van der Waals surface area contributed by atoms with Crippen LogP contribution < -0.4 is 15.8 Å². The first-order valence-corrected chi connectivity index (χ1v) is 8.15. The van der Waals surface area contributed by atoms with Crippen LogP contribution in [-0.4, -0.2) is 43.1 Å². The van der Waals surface area contributed by atoms with Gasteiger partial charge in [0.25, 0.3) is 0 Å². The molecule has 1 aliphatic rings. The molecule has 0 radical (unpaired) electrons. The molecule has 1 aliphatic heterocycles. The van der Waals surface area contributed by atoms with Gasteiger partial charge in [-0.05, 0) is 31.4 Å². The Labute approximate surface area is 140 Å². The SMILES string of the molecule is NC(=O)C1CCN(C(=O)NCCCOc2ccccc2Cl)CC1. The Morgan fingerprint density at radius 2 is 2.00 bits per heavy atom. The normalized spacial score (nSPS) is 15.3. The largest absolute Gasteiger partial charge is 0.492 e. The number of primary amides is 1. The molecule has 0 spiro atoms. The van der Waals surface area contributed by atoms with Crippen LogP contribution in [0.4, 0.5) is 4.79 Å². The number of carbonyl (C=O) groups excluding carboxylic acids is 2. The Hall–Kier alpha value is -1.95. The molecule has 0 unspecified atom stereocenters. The lowest BCUT2D eigenvalue weighted by Crippen LogP contribution is -2.46. The average molecular weight is 340 g/mol. The standard InChI is InChI=1S/C16H22ClN3O3/c17-13-4-1-2-5-14(13)23-11-3-8-19-16(22)20-9-6-12(7-10-20)15(18)21/h1-2,4-5,12H,3,6-11H2,(H2,18,21)(H,19,22). The summed E-state index contributed by atoms with van der Waals surface area (Å²) in [6.07, 6.45) is 1.96. The predicted molar refractivity (Wildman–Crippen MR) is 88.5 cm³/mol. The minimum absolute atomic E-state index is 0.106. The Balaban J connectivity index is 1.60. The molecule has 1 saturated heterocycles. The lowest BCUT2D eigenvalue weighted by molar-refractivity contribution is -0.123. The first-order valence-electron chi connectivity index (χ1n) is 7.77. The molecule has 6 nitrogen and oxygen atoms in total. The maximum Gasteiger partial charge on any atom is 0.317 e. The van der Waals surface area contributed by atoms with E-state index < -0.39 is 0 Å². The molecular weight excluding hydrogens is 318 g/mol. The van der Waals surface area contributed by atoms with E-state index in [0.717, 1.165) is 0 Å². The summed E-state index contributed by atoms with van der Waals surface area (Å²) in [6, 6.07) is 7.18. The second-order valence-electron chi connectivity index (χ2n) is 5.53. The number of piperidine rings is 1. The molecule has 3 amide bonds. The van der Waals surface area contributed by atoms with Gasteiger partial charge in [0.15, 0.2) is 0 Å². The number of hydrogen-bond donors (Lipinski definition) is 2. The lowest BCUT2D eigenvalue weighted by atomic mass is 9.96. The molecule has 23 heavy (non-hydrogen) atoms. The van der Waals surface area contributed by atoms with Gasteiger partial charge in [-0.3, -0.25) is 4.79 Å². The van der Waals surface area contributed by atoms with E-state index in [1.807, 2.05) is 18.2 Å². The third kappa shape index (κ3) is 5.32. The molecule has 2 rings (SSSR count). The van der Waals surface area contributed by atoms with Gasteiger partial charge in [-0.25, -0.2) is 4.79 Å². The van der Waals surface area contributed by atoms with Crippen LogP contribution in [-0.2, 0) is 4.79 Å². The quantitative estimate of drug-likeness (QED) is 0.777. The summed E-state index contributed by atoms with van der Waals surface area (Å²) >= 11 is 5.99. The van der Waals surface area contributed by atoms with Gasteiger partial charge < -0.3 is 20.7 Å². The Morgan fingerprint density at radius 1 is 1.30 bits per heavy atom. The summed E-state index contributed by atoms with van der Waals surface area (Å²) in [7, 11) is 0. The van der Waals surface area contributed by atoms with Crippen molar-refractivity contribution >= 4 is 23.5 Å². The number of amides is 3. The van der Waals surface area contributed by atoms with Gasteiger partial charge >= 0.3 is 6.03 Å². The van der Waals surface area contributed by atoms with Crippen molar-refractivity contribution in [2.24, 2.45) is 11.7 Å². The van der Waals surface area contributed by atoms with Crippen LogP contribution >= 0.6 is 11.6 Å². The fourth-order valence-electron chi connectivity index (χ4n) is 2.49. The zero-order chi connectivity index (χ0) is 16.7. The lowest BCUT2D eigenvalue weighted by Gasteiger charge is -2.30. The highest BCUT2D eigenvalue weighted by atomic mass is 35.5. The Morgan fingerprint density at radius 3 is 2.65 bits per heavy atom. The van der Waals surface area contributed by atoms with Gasteiger partial charge in [0.1, 0.15) is 5.75 Å². The van der Waals surface area contributed by atoms with Crippen LogP contribution in [0.2, 0.25) is 5.02 Å². The molecule has 0 saturated carbocycles. The fraction of sp³-hybridized carbons (Fsp3) is 0.500. The van der Waals surface area contributed by atoms with Gasteiger partial charge in [0.2, 0.25) is 5.91 Å². The van der Waals surface area contributed by atoms with Gasteiger partial charge in [0.05, 0.1) is 11.6 Å². The van der Waals surface area contributed by atoms with Crippen LogP contribution in [0, 0.1) is 5.92 Å². The zero-order valence-electron chi connectivity index (χ0n) is 13.0. The number of carbonyl (C=O) groups is 2. The summed E-state index contributed by atoms with van der Waals surface area (Å²) in [5.41, 5.74) is 5.28. The van der Waals surface area contributed by atoms with E-state index in [2.05, 4.69) is 5.32 Å². The number of nitrogens with two attached hydrogens (primary N) is 1. The van der Waals surface area contributed by atoms with Crippen molar-refractivity contribution in [2.75, 3.05) is 26.2 Å². The van der Waals surface area contributed by atoms with Crippen LogP contribution in [0.1, 0.15) is 19.3 Å². The Kier molecular flexibility index (Phi) is 6.52. The third-order valence-electron chi connectivity index (χ3n) is 3.88. The first kappa shape index (κ1) is 17.4. The number of nitrogens with zero attached hydrogens (tertiary/aromatic N) is 1. The van der Waals surface area contributed by atoms with E-state index in [1.165, 1.54) is 0 Å². The van der Waals surface area contributed by atoms with Gasteiger partial charge in [-0.15, -0.1) is 0 Å². The molecular formula is C16H22ClN3O3. The van der Waals surface area contributed by atoms with E-state index >= 15 is 0 Å². The van der Waals surface area contributed by atoms with Gasteiger partial charge in [-0.1, -0.05) is 23.7 Å². The molecule has 1 aromatic rings. The second-order valence-corrected chi connectivity index (χ2v) is 5.94. The van der Waals surface area contributed by atoms with E-state index in [0.29, 0.717) is 56.3 Å². The topological polar surface area (TPSA) is 84.7 Å². The van der Waals surface area contributed by atoms with Crippen molar-refractivity contribution in [1.82, 2.24) is 10.2 Å². The number of likely N-dealkylation sites (tertiary alicyclic amines) is 1. The summed E-state index contributed by atoms with van der Waals surface area (Å²) in [5, 5.41) is 3.43. The van der Waals surface area contributed by atoms with Gasteiger partial charge in [-0.2, -0.15) is 0 Å². The molecule has 7 heteroatoms. The molecule has 126 valence electrons.